The molecule has 1 aliphatic rings. The fourth-order valence-electron chi connectivity index (χ4n) is 5.09. The molecule has 0 amide bonds. The van der Waals surface area contributed by atoms with Gasteiger partial charge < -0.3 is 0 Å². The average Bonchev–Trinajstić information content (AvgIpc) is 3.26. The van der Waals surface area contributed by atoms with Crippen LogP contribution in [0.25, 0.3) is 0 Å². The Morgan fingerprint density at radius 1 is 0.718 bits per heavy atom. The van der Waals surface area contributed by atoms with Gasteiger partial charge in [-0.2, -0.15) is 4.72 Å². The Labute approximate surface area is 227 Å². The van der Waals surface area contributed by atoms with Gasteiger partial charge in [0.25, 0.3) is 0 Å². The van der Waals surface area contributed by atoms with Gasteiger partial charge in [0.05, 0.1) is 16.4 Å². The normalized spacial score (nSPS) is 15.7. The highest BCUT2D eigenvalue weighted by Crippen LogP contribution is 2.46. The molecule has 0 unspecified atom stereocenters. The molecule has 0 fully saturated rings. The number of rotatable bonds is 7. The first kappa shape index (κ1) is 26.7. The highest BCUT2D eigenvalue weighted by atomic mass is 32.2. The fourth-order valence-corrected chi connectivity index (χ4v) is 6.29. The molecule has 0 bridgehead atoms. The standard InChI is InChI=1S/C32H27F2NO3S/c1-21-3-7-23(8-4-21)30(35-39(37,38)28-17-5-22(2)6-18-28)29-19-20-32(31(29)36,24-9-13-26(33)14-10-24)25-11-15-27(34)16-12-25/h3-19,30,35H,20H2,1-2H3/t30-/m0/s1. The number of allylic oxidation sites excluding steroid dienone is 1. The molecule has 0 aromatic heterocycles. The zero-order valence-electron chi connectivity index (χ0n) is 21.5. The van der Waals surface area contributed by atoms with Crippen LogP contribution in [0.2, 0.25) is 0 Å². The van der Waals surface area contributed by atoms with Gasteiger partial charge in [0.15, 0.2) is 5.78 Å². The Morgan fingerprint density at radius 2 is 1.18 bits per heavy atom. The number of hydrogen-bond acceptors (Lipinski definition) is 3. The van der Waals surface area contributed by atoms with Crippen LogP contribution in [0.5, 0.6) is 0 Å². The minimum atomic E-state index is -4.02. The van der Waals surface area contributed by atoms with Crippen molar-refractivity contribution in [1.29, 1.82) is 0 Å². The molecule has 0 heterocycles. The number of sulfonamides is 1. The van der Waals surface area contributed by atoms with E-state index in [1.54, 1.807) is 54.6 Å². The Balaban J connectivity index is 1.62. The molecule has 7 heteroatoms. The van der Waals surface area contributed by atoms with Gasteiger partial charge in [-0.1, -0.05) is 77.9 Å². The minimum absolute atomic E-state index is 0.0830. The molecule has 4 nitrogen and oxygen atoms in total. The van der Waals surface area contributed by atoms with Crippen molar-refractivity contribution < 1.29 is 22.0 Å². The molecule has 5 rings (SSSR count). The maximum absolute atomic E-state index is 14.5. The number of ketones is 1. The van der Waals surface area contributed by atoms with E-state index < -0.39 is 33.1 Å². The predicted octanol–water partition coefficient (Wildman–Crippen LogP) is 6.49. The zero-order valence-corrected chi connectivity index (χ0v) is 22.3. The van der Waals surface area contributed by atoms with E-state index in [2.05, 4.69) is 4.72 Å². The van der Waals surface area contributed by atoms with E-state index >= 15 is 0 Å². The summed E-state index contributed by atoms with van der Waals surface area (Å²) in [7, 11) is -4.02. The van der Waals surface area contributed by atoms with Crippen LogP contribution in [0, 0.1) is 25.5 Å². The van der Waals surface area contributed by atoms with Gasteiger partial charge in [-0.25, -0.2) is 17.2 Å². The van der Waals surface area contributed by atoms with Crippen LogP contribution >= 0.6 is 0 Å². The molecular weight excluding hydrogens is 516 g/mol. The van der Waals surface area contributed by atoms with Crippen LogP contribution in [0.3, 0.4) is 0 Å². The molecule has 198 valence electrons. The van der Waals surface area contributed by atoms with Crippen LogP contribution in [0.1, 0.15) is 40.3 Å². The van der Waals surface area contributed by atoms with Crippen LogP contribution in [-0.2, 0) is 20.2 Å². The van der Waals surface area contributed by atoms with Crippen LogP contribution in [-0.4, -0.2) is 14.2 Å². The van der Waals surface area contributed by atoms with E-state index in [9.17, 15) is 22.0 Å². The number of carbonyl (C=O) groups is 1. The summed E-state index contributed by atoms with van der Waals surface area (Å²) in [6.45, 7) is 3.79. The number of aryl methyl sites for hydroxylation is 2. The SMILES string of the molecule is Cc1ccc([C@H](NS(=O)(=O)c2ccc(C)cc2)C2=CCC(c3ccc(F)cc3)(c3ccc(F)cc3)C2=O)cc1. The fraction of sp³-hybridized carbons (Fsp3) is 0.156. The Hall–Kier alpha value is -3.94. The number of Topliss-reactive ketones (excluding diaryl/α,β-unsaturated/α-hetero) is 1. The van der Waals surface area contributed by atoms with Gasteiger partial charge in [0.1, 0.15) is 11.6 Å². The van der Waals surface area contributed by atoms with E-state index in [1.165, 1.54) is 36.4 Å². The molecule has 4 aromatic carbocycles. The molecule has 1 atom stereocenters. The van der Waals surface area contributed by atoms with Gasteiger partial charge in [0, 0.05) is 5.57 Å². The van der Waals surface area contributed by atoms with E-state index in [4.69, 9.17) is 0 Å². The van der Waals surface area contributed by atoms with Crippen molar-refractivity contribution in [2.75, 3.05) is 0 Å². The summed E-state index contributed by atoms with van der Waals surface area (Å²) in [6, 6.07) is 24.1. The van der Waals surface area contributed by atoms with Gasteiger partial charge >= 0.3 is 0 Å². The Morgan fingerprint density at radius 3 is 1.67 bits per heavy atom. The summed E-state index contributed by atoms with van der Waals surface area (Å²) >= 11 is 0. The van der Waals surface area contributed by atoms with Crippen molar-refractivity contribution in [2.24, 2.45) is 0 Å². The largest absolute Gasteiger partial charge is 0.293 e. The maximum Gasteiger partial charge on any atom is 0.241 e. The lowest BCUT2D eigenvalue weighted by molar-refractivity contribution is -0.119. The highest BCUT2D eigenvalue weighted by molar-refractivity contribution is 7.89. The van der Waals surface area contributed by atoms with E-state index in [0.29, 0.717) is 16.7 Å². The summed E-state index contributed by atoms with van der Waals surface area (Å²) < 4.78 is 57.5. The number of hydrogen-bond donors (Lipinski definition) is 1. The summed E-state index contributed by atoms with van der Waals surface area (Å²) in [4.78, 5) is 14.5. The molecule has 0 saturated heterocycles. The van der Waals surface area contributed by atoms with Crippen molar-refractivity contribution in [3.63, 3.8) is 0 Å². The van der Waals surface area contributed by atoms with Gasteiger partial charge in [0.2, 0.25) is 10.0 Å². The van der Waals surface area contributed by atoms with Crippen LogP contribution < -0.4 is 4.72 Å². The third-order valence-electron chi connectivity index (χ3n) is 7.28. The quantitative estimate of drug-likeness (QED) is 0.290. The number of halogens is 2. The number of nitrogens with one attached hydrogen (secondary N) is 1. The van der Waals surface area contributed by atoms with Crippen LogP contribution in [0.4, 0.5) is 8.78 Å². The summed E-state index contributed by atoms with van der Waals surface area (Å²) in [6.07, 6.45) is 1.93. The molecule has 0 saturated carbocycles. The molecule has 0 aliphatic heterocycles. The third kappa shape index (κ3) is 5.07. The molecule has 1 aliphatic carbocycles. The monoisotopic (exact) mass is 543 g/mol. The first-order chi connectivity index (χ1) is 18.6. The summed E-state index contributed by atoms with van der Waals surface area (Å²) in [5, 5.41) is 0. The van der Waals surface area contributed by atoms with Crippen LogP contribution in [0.15, 0.2) is 114 Å². The Kier molecular flexibility index (Phi) is 7.05. The molecule has 0 spiro atoms. The lowest BCUT2D eigenvalue weighted by Crippen LogP contribution is -2.38. The maximum atomic E-state index is 14.5. The smallest absolute Gasteiger partial charge is 0.241 e. The topological polar surface area (TPSA) is 63.2 Å². The van der Waals surface area contributed by atoms with Gasteiger partial charge in [-0.3, -0.25) is 4.79 Å². The number of carbonyl (C=O) groups excluding carboxylic acids is 1. The second-order valence-corrected chi connectivity index (χ2v) is 11.6. The minimum Gasteiger partial charge on any atom is -0.293 e. The van der Waals surface area contributed by atoms with Crippen molar-refractivity contribution in [3.8, 4) is 0 Å². The molecular formula is C32H27F2NO3S. The van der Waals surface area contributed by atoms with Gasteiger partial charge in [-0.15, -0.1) is 0 Å². The molecule has 39 heavy (non-hydrogen) atoms. The average molecular weight is 544 g/mol. The van der Waals surface area contributed by atoms with Crippen molar-refractivity contribution in [1.82, 2.24) is 4.72 Å². The second kappa shape index (κ2) is 10.3. The van der Waals surface area contributed by atoms with Gasteiger partial charge in [-0.05, 0) is 73.4 Å². The summed E-state index contributed by atoms with van der Waals surface area (Å²) in [5.41, 5.74) is 2.58. The second-order valence-electron chi connectivity index (χ2n) is 9.89. The lowest BCUT2D eigenvalue weighted by Gasteiger charge is -2.31. The third-order valence-corrected chi connectivity index (χ3v) is 8.72. The zero-order chi connectivity index (χ0) is 27.8. The molecule has 0 radical (unpaired) electrons. The molecule has 1 N–H and O–H groups in total. The predicted molar refractivity (Wildman–Crippen MR) is 147 cm³/mol. The van der Waals surface area contributed by atoms with E-state index in [0.717, 1.165) is 11.1 Å². The van der Waals surface area contributed by atoms with E-state index in [-0.39, 0.29) is 22.7 Å². The lowest BCUT2D eigenvalue weighted by atomic mass is 9.70. The Bertz CT molecular complexity index is 1600. The van der Waals surface area contributed by atoms with E-state index in [1.807, 2.05) is 26.0 Å². The van der Waals surface area contributed by atoms with Crippen molar-refractivity contribution >= 4 is 15.8 Å². The first-order valence-electron chi connectivity index (χ1n) is 12.5. The molecule has 4 aromatic rings. The summed E-state index contributed by atoms with van der Waals surface area (Å²) in [5.74, 6) is -1.23. The highest BCUT2D eigenvalue weighted by Gasteiger charge is 2.48. The van der Waals surface area contributed by atoms with Crippen molar-refractivity contribution in [3.05, 3.63) is 148 Å². The van der Waals surface area contributed by atoms with Crippen molar-refractivity contribution in [2.45, 2.75) is 36.6 Å². The first-order valence-corrected chi connectivity index (χ1v) is 14.0. The number of benzene rings is 4.